The summed E-state index contributed by atoms with van der Waals surface area (Å²) in [6.07, 6.45) is -3.92. The van der Waals surface area contributed by atoms with E-state index in [1.807, 2.05) is 133 Å². The molecule has 4 atom stereocenters. The van der Waals surface area contributed by atoms with Crippen LogP contribution in [0.4, 0.5) is 0 Å². The van der Waals surface area contributed by atoms with Crippen LogP contribution < -0.4 is 0 Å². The van der Waals surface area contributed by atoms with Crippen LogP contribution in [0.3, 0.4) is 0 Å². The Morgan fingerprint density at radius 3 is 1.66 bits per heavy atom. The monoisotopic (exact) mass is 551 g/mol. The molecule has 0 fully saturated rings. The molecule has 0 spiro atoms. The largest absolute Gasteiger partial charge is 0.388 e. The van der Waals surface area contributed by atoms with Crippen LogP contribution in [0.25, 0.3) is 10.9 Å². The minimum atomic E-state index is -1.08. The molecule has 0 aliphatic heterocycles. The fourth-order valence-corrected chi connectivity index (χ4v) is 5.05. The van der Waals surface area contributed by atoms with Gasteiger partial charge in [0, 0.05) is 12.6 Å². The Balaban J connectivity index is 1.43. The molecule has 0 aliphatic carbocycles. The quantitative estimate of drug-likeness (QED) is 0.178. The number of benzene rings is 4. The van der Waals surface area contributed by atoms with E-state index in [0.717, 1.165) is 27.6 Å². The normalized spacial score (nSPS) is 14.5. The van der Waals surface area contributed by atoms with Crippen molar-refractivity contribution in [3.8, 4) is 0 Å². The molecule has 4 aromatic carbocycles. The van der Waals surface area contributed by atoms with Gasteiger partial charge in [-0.15, -0.1) is 0 Å². The Hall–Kier alpha value is -3.78. The van der Waals surface area contributed by atoms with E-state index in [1.54, 1.807) is 0 Å². The molecule has 5 aromatic rings. The van der Waals surface area contributed by atoms with E-state index < -0.39 is 24.4 Å². The van der Waals surface area contributed by atoms with Gasteiger partial charge >= 0.3 is 0 Å². The minimum Gasteiger partial charge on any atom is -0.388 e. The van der Waals surface area contributed by atoms with Crippen LogP contribution in [0.15, 0.2) is 121 Å². The molecule has 1 heterocycles. The van der Waals surface area contributed by atoms with Crippen LogP contribution in [0, 0.1) is 0 Å². The Morgan fingerprint density at radius 1 is 0.610 bits per heavy atom. The highest BCUT2D eigenvalue weighted by atomic mass is 16.6. The number of rotatable bonds is 14. The van der Waals surface area contributed by atoms with Gasteiger partial charge in [-0.05, 0) is 34.2 Å². The number of aryl methyl sites for hydroxylation is 1. The molecule has 6 nitrogen and oxygen atoms in total. The van der Waals surface area contributed by atoms with Gasteiger partial charge in [0.1, 0.15) is 24.4 Å². The summed E-state index contributed by atoms with van der Waals surface area (Å²) >= 11 is 0. The second-order valence-electron chi connectivity index (χ2n) is 10.2. The van der Waals surface area contributed by atoms with Gasteiger partial charge < -0.3 is 29.0 Å². The van der Waals surface area contributed by atoms with Crippen LogP contribution in [-0.4, -0.2) is 39.7 Å². The molecular formula is C35H37NO5. The van der Waals surface area contributed by atoms with Gasteiger partial charge in [-0.2, -0.15) is 0 Å². The van der Waals surface area contributed by atoms with E-state index in [-0.39, 0.29) is 19.8 Å². The summed E-state index contributed by atoms with van der Waals surface area (Å²) in [6.45, 7) is 0.857. The lowest BCUT2D eigenvalue weighted by Gasteiger charge is -2.34. The van der Waals surface area contributed by atoms with Crippen molar-refractivity contribution in [2.45, 2.75) is 44.2 Å². The Labute approximate surface area is 241 Å². The molecule has 0 saturated heterocycles. The first kappa shape index (κ1) is 28.7. The van der Waals surface area contributed by atoms with Gasteiger partial charge in [-0.25, -0.2) is 0 Å². The smallest absolute Gasteiger partial charge is 0.123 e. The first-order valence-corrected chi connectivity index (χ1v) is 13.9. The van der Waals surface area contributed by atoms with E-state index in [2.05, 4.69) is 0 Å². The van der Waals surface area contributed by atoms with Crippen molar-refractivity contribution in [3.05, 3.63) is 144 Å². The third-order valence-electron chi connectivity index (χ3n) is 7.28. The zero-order chi connectivity index (χ0) is 28.4. The zero-order valence-electron chi connectivity index (χ0n) is 23.3. The lowest BCUT2D eigenvalue weighted by atomic mass is 9.99. The summed E-state index contributed by atoms with van der Waals surface area (Å²) in [5.41, 5.74) is 4.59. The van der Waals surface area contributed by atoms with Gasteiger partial charge in [-0.1, -0.05) is 109 Å². The fraction of sp³-hybridized carbons (Fsp3) is 0.257. The SMILES string of the molecule is Cn1c(C(O)[C@H](OCc2ccccc2)[C@H](OCc2ccccc2)[C@H](O)COCc2ccccc2)cc2ccccc21. The van der Waals surface area contributed by atoms with Gasteiger partial charge in [0.05, 0.1) is 32.1 Å². The average molecular weight is 552 g/mol. The van der Waals surface area contributed by atoms with Crippen molar-refractivity contribution in [3.63, 3.8) is 0 Å². The molecular weight excluding hydrogens is 514 g/mol. The Bertz CT molecular complexity index is 1470. The first-order chi connectivity index (χ1) is 20.1. The number of hydrogen-bond donors (Lipinski definition) is 2. The van der Waals surface area contributed by atoms with Crippen LogP contribution >= 0.6 is 0 Å². The summed E-state index contributed by atoms with van der Waals surface area (Å²) < 4.78 is 20.7. The lowest BCUT2D eigenvalue weighted by Crippen LogP contribution is -2.46. The number of aliphatic hydroxyl groups is 2. The van der Waals surface area contributed by atoms with Crippen LogP contribution in [0.1, 0.15) is 28.5 Å². The number of ether oxygens (including phenoxy) is 3. The summed E-state index contributed by atoms with van der Waals surface area (Å²) in [4.78, 5) is 0. The summed E-state index contributed by atoms with van der Waals surface area (Å²) in [7, 11) is 1.92. The Morgan fingerprint density at radius 2 is 1.10 bits per heavy atom. The van der Waals surface area contributed by atoms with Crippen molar-refractivity contribution in [1.82, 2.24) is 4.57 Å². The molecule has 0 aliphatic rings. The number of nitrogens with zero attached hydrogens (tertiary/aromatic N) is 1. The number of hydrogen-bond acceptors (Lipinski definition) is 5. The van der Waals surface area contributed by atoms with Crippen molar-refractivity contribution in [2.75, 3.05) is 6.61 Å². The molecule has 0 bridgehead atoms. The second kappa shape index (κ2) is 14.2. The molecule has 2 N–H and O–H groups in total. The molecule has 212 valence electrons. The predicted octanol–water partition coefficient (Wildman–Crippen LogP) is 5.96. The zero-order valence-corrected chi connectivity index (χ0v) is 23.3. The molecule has 6 heteroatoms. The maximum atomic E-state index is 11.9. The van der Waals surface area contributed by atoms with Crippen LogP contribution in [0.2, 0.25) is 0 Å². The maximum absolute atomic E-state index is 11.9. The van der Waals surface area contributed by atoms with Crippen LogP contribution in [0.5, 0.6) is 0 Å². The van der Waals surface area contributed by atoms with Gasteiger partial charge in [0.15, 0.2) is 0 Å². The summed E-state index contributed by atoms with van der Waals surface area (Å²) in [5, 5.41) is 24.4. The highest BCUT2D eigenvalue weighted by molar-refractivity contribution is 5.81. The number of aromatic nitrogens is 1. The van der Waals surface area contributed by atoms with Crippen molar-refractivity contribution >= 4 is 10.9 Å². The van der Waals surface area contributed by atoms with Gasteiger partial charge in [0.25, 0.3) is 0 Å². The average Bonchev–Trinajstić information content (AvgIpc) is 3.36. The van der Waals surface area contributed by atoms with E-state index >= 15 is 0 Å². The number of fused-ring (bicyclic) bond motifs is 1. The van der Waals surface area contributed by atoms with E-state index in [1.165, 1.54) is 0 Å². The van der Waals surface area contributed by atoms with Crippen molar-refractivity contribution in [1.29, 1.82) is 0 Å². The summed E-state index contributed by atoms with van der Waals surface area (Å²) in [5.74, 6) is 0. The summed E-state index contributed by atoms with van der Waals surface area (Å²) in [6, 6.07) is 39.3. The van der Waals surface area contributed by atoms with Crippen LogP contribution in [-0.2, 0) is 41.1 Å². The minimum absolute atomic E-state index is 0.0153. The van der Waals surface area contributed by atoms with Gasteiger partial charge in [0.2, 0.25) is 0 Å². The number of para-hydroxylation sites is 1. The maximum Gasteiger partial charge on any atom is 0.123 e. The first-order valence-electron chi connectivity index (χ1n) is 13.9. The standard InChI is InChI=1S/C35H37NO5/c1-36-30-20-12-11-19-29(30)21-31(36)33(38)35(41-24-28-17-9-4-10-18-28)34(40-23-27-15-7-3-8-16-27)32(37)25-39-22-26-13-5-2-6-14-26/h2-21,32-35,37-38H,22-25H2,1H3/t32-,33?,34-,35+/m1/s1. The van der Waals surface area contributed by atoms with Crippen molar-refractivity contribution in [2.24, 2.45) is 7.05 Å². The molecule has 41 heavy (non-hydrogen) atoms. The molecule has 0 amide bonds. The van der Waals surface area contributed by atoms with Crippen molar-refractivity contribution < 1.29 is 24.4 Å². The highest BCUT2D eigenvalue weighted by Gasteiger charge is 2.38. The van der Waals surface area contributed by atoms with E-state index in [0.29, 0.717) is 12.3 Å². The lowest BCUT2D eigenvalue weighted by molar-refractivity contribution is -0.178. The third-order valence-corrected chi connectivity index (χ3v) is 7.28. The Kier molecular flexibility index (Phi) is 9.96. The topological polar surface area (TPSA) is 73.1 Å². The number of aliphatic hydroxyl groups excluding tert-OH is 2. The fourth-order valence-electron chi connectivity index (χ4n) is 5.05. The second-order valence-corrected chi connectivity index (χ2v) is 10.2. The highest BCUT2D eigenvalue weighted by Crippen LogP contribution is 2.31. The molecule has 5 rings (SSSR count). The molecule has 1 aromatic heterocycles. The van der Waals surface area contributed by atoms with E-state index in [9.17, 15) is 10.2 Å². The predicted molar refractivity (Wildman–Crippen MR) is 160 cm³/mol. The third kappa shape index (κ3) is 7.50. The molecule has 1 unspecified atom stereocenters. The van der Waals surface area contributed by atoms with E-state index in [4.69, 9.17) is 14.2 Å². The van der Waals surface area contributed by atoms with Gasteiger partial charge in [-0.3, -0.25) is 0 Å². The molecule has 0 saturated carbocycles. The molecule has 0 radical (unpaired) electrons.